The van der Waals surface area contributed by atoms with Gasteiger partial charge in [-0.15, -0.1) is 0 Å². The smallest absolute Gasteiger partial charge is 0.324 e. The van der Waals surface area contributed by atoms with Crippen LogP contribution >= 0.6 is 11.6 Å². The van der Waals surface area contributed by atoms with Crippen molar-refractivity contribution in [3.05, 3.63) is 69.1 Å². The number of aromatic nitrogens is 4. The molecule has 3 aromatic rings. The minimum atomic E-state index is -0.798. The Morgan fingerprint density at radius 2 is 2.11 bits per heavy atom. The van der Waals surface area contributed by atoms with Crippen LogP contribution in [0.15, 0.2) is 35.5 Å². The first-order chi connectivity index (χ1) is 12.8. The number of nitrogens with two attached hydrogens (primary N) is 1. The molecule has 0 fully saturated rings. The van der Waals surface area contributed by atoms with Gasteiger partial charge in [0, 0.05) is 11.6 Å². The fourth-order valence-electron chi connectivity index (χ4n) is 2.28. The van der Waals surface area contributed by atoms with E-state index in [1.54, 1.807) is 0 Å². The molecule has 0 bridgehead atoms. The van der Waals surface area contributed by atoms with Gasteiger partial charge >= 0.3 is 6.03 Å². The maximum Gasteiger partial charge on any atom is 0.324 e. The Hall–Kier alpha value is -3.27. The highest BCUT2D eigenvalue weighted by atomic mass is 35.5. The zero-order chi connectivity index (χ0) is 19.7. The average molecular weight is 396 g/mol. The van der Waals surface area contributed by atoms with Gasteiger partial charge in [0.1, 0.15) is 30.4 Å². The van der Waals surface area contributed by atoms with E-state index in [0.717, 1.165) is 21.5 Å². The van der Waals surface area contributed by atoms with Crippen molar-refractivity contribution in [2.45, 2.75) is 13.5 Å². The Bertz CT molecular complexity index is 1100. The van der Waals surface area contributed by atoms with Crippen molar-refractivity contribution in [2.75, 3.05) is 0 Å². The summed E-state index contributed by atoms with van der Waals surface area (Å²) in [6.07, 6.45) is 2.38. The number of carbonyl (C=O) groups is 1. The summed E-state index contributed by atoms with van der Waals surface area (Å²) in [7, 11) is 0. The van der Waals surface area contributed by atoms with Crippen LogP contribution in [0.25, 0.3) is 5.82 Å². The number of aryl methyl sites for hydroxylation is 1. The molecule has 0 saturated heterocycles. The van der Waals surface area contributed by atoms with Crippen LogP contribution in [-0.4, -0.2) is 25.1 Å². The summed E-state index contributed by atoms with van der Waals surface area (Å²) in [5.74, 6) is -1.49. The molecule has 27 heavy (non-hydrogen) atoms. The van der Waals surface area contributed by atoms with E-state index >= 15 is 0 Å². The van der Waals surface area contributed by atoms with Gasteiger partial charge in [-0.25, -0.2) is 23.1 Å². The number of benzene rings is 1. The average Bonchev–Trinajstić information content (AvgIpc) is 3.08. The predicted molar refractivity (Wildman–Crippen MR) is 91.0 cm³/mol. The maximum absolute atomic E-state index is 13.7. The number of rotatable bonds is 4. The van der Waals surface area contributed by atoms with Gasteiger partial charge < -0.3 is 10.5 Å². The lowest BCUT2D eigenvalue weighted by Crippen LogP contribution is -2.24. The third-order valence-corrected chi connectivity index (χ3v) is 3.92. The zero-order valence-corrected chi connectivity index (χ0v) is 14.6. The van der Waals surface area contributed by atoms with Crippen LogP contribution in [0.5, 0.6) is 5.88 Å². The Labute approximate surface area is 155 Å². The molecule has 0 radical (unpaired) electrons. The second kappa shape index (κ2) is 7.16. The van der Waals surface area contributed by atoms with Crippen LogP contribution in [0, 0.1) is 18.6 Å². The summed E-state index contributed by atoms with van der Waals surface area (Å²) in [5, 5.41) is -0.364. The number of primary amides is 1. The van der Waals surface area contributed by atoms with Gasteiger partial charge in [-0.05, 0) is 19.1 Å². The van der Waals surface area contributed by atoms with Crippen molar-refractivity contribution in [2.24, 2.45) is 5.73 Å². The van der Waals surface area contributed by atoms with E-state index in [1.165, 1.54) is 19.2 Å². The zero-order valence-electron chi connectivity index (χ0n) is 13.8. The van der Waals surface area contributed by atoms with Crippen LogP contribution in [0.1, 0.15) is 11.4 Å². The predicted octanol–water partition coefficient (Wildman–Crippen LogP) is 2.17. The summed E-state index contributed by atoms with van der Waals surface area (Å²) >= 11 is 6.02. The molecule has 0 atom stereocenters. The number of hydrogen-bond acceptors (Lipinski definition) is 5. The van der Waals surface area contributed by atoms with E-state index in [0.29, 0.717) is 6.07 Å². The number of halogens is 3. The highest BCUT2D eigenvalue weighted by molar-refractivity contribution is 6.31. The third-order valence-electron chi connectivity index (χ3n) is 3.60. The van der Waals surface area contributed by atoms with Gasteiger partial charge in [0.2, 0.25) is 5.88 Å². The molecule has 2 aromatic heterocycles. The van der Waals surface area contributed by atoms with E-state index < -0.39 is 23.2 Å². The molecule has 140 valence electrons. The second-order valence-electron chi connectivity index (χ2n) is 5.42. The molecule has 3 rings (SSSR count). The van der Waals surface area contributed by atoms with Gasteiger partial charge in [0.15, 0.2) is 10.8 Å². The van der Waals surface area contributed by atoms with Crippen LogP contribution in [0.4, 0.5) is 13.6 Å². The van der Waals surface area contributed by atoms with E-state index in [-0.39, 0.29) is 34.7 Å². The summed E-state index contributed by atoms with van der Waals surface area (Å²) in [6.45, 7) is 1.18. The first-order valence-corrected chi connectivity index (χ1v) is 7.85. The molecule has 0 aliphatic heterocycles. The second-order valence-corrected chi connectivity index (χ2v) is 5.80. The summed E-state index contributed by atoms with van der Waals surface area (Å²) in [4.78, 5) is 31.7. The van der Waals surface area contributed by atoms with Crippen molar-refractivity contribution < 1.29 is 18.3 Å². The lowest BCUT2D eigenvalue weighted by molar-refractivity contribution is 0.250. The standard InChI is InChI=1S/C16H12ClF2N5O3/c1-8-22-14(27-6-9-2-3-10(18)4-11(9)19)13(17)15(25)24(8)12-5-23(7-21-12)16(20)26/h2-5,7H,6H2,1H3,(H2,20,26). The molecule has 0 aliphatic carbocycles. The summed E-state index contributed by atoms with van der Waals surface area (Å²) in [5.41, 5.74) is 4.50. The number of nitrogens with zero attached hydrogens (tertiary/aromatic N) is 4. The van der Waals surface area contributed by atoms with E-state index in [4.69, 9.17) is 22.1 Å². The lowest BCUT2D eigenvalue weighted by atomic mass is 10.2. The normalized spacial score (nSPS) is 10.8. The molecule has 0 saturated carbocycles. The number of hydrogen-bond donors (Lipinski definition) is 1. The largest absolute Gasteiger partial charge is 0.471 e. The fourth-order valence-corrected chi connectivity index (χ4v) is 2.46. The highest BCUT2D eigenvalue weighted by Crippen LogP contribution is 2.21. The lowest BCUT2D eigenvalue weighted by Gasteiger charge is -2.12. The SMILES string of the molecule is Cc1nc(OCc2ccc(F)cc2F)c(Cl)c(=O)n1-c1cn(C(N)=O)cn1. The summed E-state index contributed by atoms with van der Waals surface area (Å²) in [6, 6.07) is 2.23. The van der Waals surface area contributed by atoms with E-state index in [2.05, 4.69) is 9.97 Å². The molecule has 1 amide bonds. The molecule has 0 aliphatic rings. The molecule has 2 heterocycles. The topological polar surface area (TPSA) is 105 Å². The molecule has 0 unspecified atom stereocenters. The monoisotopic (exact) mass is 395 g/mol. The number of carbonyl (C=O) groups excluding carboxylic acids is 1. The Morgan fingerprint density at radius 3 is 2.74 bits per heavy atom. The van der Waals surface area contributed by atoms with Crippen molar-refractivity contribution in [1.29, 1.82) is 0 Å². The third kappa shape index (κ3) is 3.65. The molecular weight excluding hydrogens is 384 g/mol. The molecule has 1 aromatic carbocycles. The first kappa shape index (κ1) is 18.5. The Balaban J connectivity index is 1.92. The fraction of sp³-hybridized carbons (Fsp3) is 0.125. The Kier molecular flexibility index (Phi) is 4.91. The molecule has 0 spiro atoms. The van der Waals surface area contributed by atoms with Gasteiger partial charge in [0.25, 0.3) is 5.56 Å². The van der Waals surface area contributed by atoms with E-state index in [9.17, 15) is 18.4 Å². The Morgan fingerprint density at radius 1 is 1.37 bits per heavy atom. The minimum Gasteiger partial charge on any atom is -0.471 e. The van der Waals surface area contributed by atoms with Crippen molar-refractivity contribution in [3.63, 3.8) is 0 Å². The van der Waals surface area contributed by atoms with Crippen molar-refractivity contribution >= 4 is 17.6 Å². The minimum absolute atomic E-state index is 0.0660. The van der Waals surface area contributed by atoms with Crippen molar-refractivity contribution in [3.8, 4) is 11.7 Å². The van der Waals surface area contributed by atoms with Crippen LogP contribution < -0.4 is 16.0 Å². The van der Waals surface area contributed by atoms with Crippen molar-refractivity contribution in [1.82, 2.24) is 19.1 Å². The number of ether oxygens (including phenoxy) is 1. The molecule has 8 nitrogen and oxygen atoms in total. The molecule has 11 heteroatoms. The van der Waals surface area contributed by atoms with Gasteiger partial charge in [-0.1, -0.05) is 11.6 Å². The van der Waals surface area contributed by atoms with E-state index in [1.807, 2.05) is 0 Å². The first-order valence-electron chi connectivity index (χ1n) is 7.48. The van der Waals surface area contributed by atoms with Gasteiger partial charge in [-0.2, -0.15) is 4.98 Å². The van der Waals surface area contributed by atoms with Crippen LogP contribution in [0.3, 0.4) is 0 Å². The molecule has 2 N–H and O–H groups in total. The van der Waals surface area contributed by atoms with Crippen LogP contribution in [0.2, 0.25) is 5.02 Å². The maximum atomic E-state index is 13.7. The summed E-state index contributed by atoms with van der Waals surface area (Å²) < 4.78 is 34.0. The van der Waals surface area contributed by atoms with Gasteiger partial charge in [-0.3, -0.25) is 9.36 Å². The molecular formula is C16H12ClF2N5O3. The highest BCUT2D eigenvalue weighted by Gasteiger charge is 2.18. The quantitative estimate of drug-likeness (QED) is 0.729. The van der Waals surface area contributed by atoms with Gasteiger partial charge in [0.05, 0.1) is 6.20 Å². The van der Waals surface area contributed by atoms with Crippen LogP contribution in [-0.2, 0) is 6.61 Å². The number of imidazole rings is 1. The number of amides is 1.